The summed E-state index contributed by atoms with van der Waals surface area (Å²) in [5, 5.41) is 16.2. The molecule has 0 aliphatic rings. The molecule has 0 bridgehead atoms. The number of carbonyl (C=O) groups excluding carboxylic acids is 1. The smallest absolute Gasteiger partial charge is 0.257 e. The number of fused-ring (bicyclic) bond motifs is 1. The maximum Gasteiger partial charge on any atom is 0.257 e. The number of oxazole rings is 1. The lowest BCUT2D eigenvalue weighted by atomic mass is 10.1. The van der Waals surface area contributed by atoms with Gasteiger partial charge in [-0.05, 0) is 96.2 Å². The quantitative estimate of drug-likeness (QED) is 0.232. The van der Waals surface area contributed by atoms with Crippen molar-refractivity contribution < 1.29 is 14.3 Å². The van der Waals surface area contributed by atoms with E-state index < -0.39 is 0 Å². The Morgan fingerprint density at radius 2 is 1.94 bits per heavy atom. The molecule has 0 aliphatic carbocycles. The topological polar surface area (TPSA) is 87.4 Å². The third-order valence-electron chi connectivity index (χ3n) is 4.62. The lowest BCUT2D eigenvalue weighted by Gasteiger charge is -2.11. The van der Waals surface area contributed by atoms with Gasteiger partial charge < -0.3 is 14.8 Å². The van der Waals surface area contributed by atoms with E-state index in [0.29, 0.717) is 28.3 Å². The van der Waals surface area contributed by atoms with Crippen molar-refractivity contribution in [3.05, 3.63) is 74.9 Å². The number of phenols is 1. The number of thiocarbonyl (C=S) groups is 1. The molecule has 0 fully saturated rings. The molecule has 0 spiro atoms. The van der Waals surface area contributed by atoms with E-state index >= 15 is 0 Å². The second kappa shape index (κ2) is 8.64. The zero-order valence-electron chi connectivity index (χ0n) is 16.7. The number of aromatic hydroxyl groups is 1. The van der Waals surface area contributed by atoms with Crippen LogP contribution in [0.4, 0.5) is 5.69 Å². The minimum Gasteiger partial charge on any atom is -0.507 e. The summed E-state index contributed by atoms with van der Waals surface area (Å²) in [5.74, 6) is 0.00831. The van der Waals surface area contributed by atoms with Gasteiger partial charge in [0.2, 0.25) is 5.89 Å². The molecule has 1 heterocycles. The van der Waals surface area contributed by atoms with Gasteiger partial charge in [0.15, 0.2) is 10.7 Å². The van der Waals surface area contributed by atoms with Gasteiger partial charge in [-0.25, -0.2) is 4.98 Å². The van der Waals surface area contributed by atoms with Crippen LogP contribution in [0.1, 0.15) is 21.5 Å². The first-order chi connectivity index (χ1) is 14.8. The third-order valence-corrected chi connectivity index (χ3v) is 5.50. The van der Waals surface area contributed by atoms with Gasteiger partial charge in [-0.15, -0.1) is 0 Å². The molecular weight excluding hydrogens is 525 g/mol. The number of aryl methyl sites for hydroxylation is 2. The van der Waals surface area contributed by atoms with Crippen LogP contribution in [0, 0.1) is 17.4 Å². The summed E-state index contributed by atoms with van der Waals surface area (Å²) in [4.78, 5) is 16.8. The second-order valence-corrected chi connectivity index (χ2v) is 8.75. The molecule has 156 valence electrons. The van der Waals surface area contributed by atoms with Gasteiger partial charge in [-0.2, -0.15) is 0 Å². The maximum atomic E-state index is 12.3. The molecule has 0 saturated heterocycles. The SMILES string of the molecule is Cc1cc(C)c2oc(-c3ccc(NC(=S)NC(=O)c4cccc(I)c4)cc3O)nc2c1. The van der Waals surface area contributed by atoms with Crippen molar-refractivity contribution in [3.8, 4) is 17.2 Å². The first kappa shape index (κ1) is 21.3. The number of nitrogens with zero attached hydrogens (tertiary/aromatic N) is 1. The van der Waals surface area contributed by atoms with Crippen LogP contribution in [0.25, 0.3) is 22.6 Å². The Hall–Kier alpha value is -2.98. The van der Waals surface area contributed by atoms with Crippen molar-refractivity contribution >= 4 is 62.6 Å². The number of rotatable bonds is 3. The predicted octanol–water partition coefficient (Wildman–Crippen LogP) is 5.55. The van der Waals surface area contributed by atoms with Gasteiger partial charge in [-0.1, -0.05) is 12.1 Å². The zero-order chi connectivity index (χ0) is 22.1. The van der Waals surface area contributed by atoms with Crippen LogP contribution in [0.15, 0.2) is 59.0 Å². The number of hydrogen-bond donors (Lipinski definition) is 3. The Bertz CT molecular complexity index is 1330. The van der Waals surface area contributed by atoms with Crippen LogP contribution in [-0.4, -0.2) is 21.1 Å². The van der Waals surface area contributed by atoms with E-state index in [1.165, 1.54) is 6.07 Å². The van der Waals surface area contributed by atoms with Crippen LogP contribution < -0.4 is 10.6 Å². The number of amides is 1. The van der Waals surface area contributed by atoms with Crippen molar-refractivity contribution in [2.45, 2.75) is 13.8 Å². The highest BCUT2D eigenvalue weighted by Gasteiger charge is 2.15. The number of phenolic OH excluding ortho intramolecular Hbond substituents is 1. The molecule has 4 rings (SSSR count). The number of hydrogen-bond acceptors (Lipinski definition) is 5. The molecule has 0 atom stereocenters. The van der Waals surface area contributed by atoms with Gasteiger partial charge in [0.05, 0.1) is 5.56 Å². The van der Waals surface area contributed by atoms with Crippen molar-refractivity contribution in [2.75, 3.05) is 5.32 Å². The molecule has 8 heteroatoms. The largest absolute Gasteiger partial charge is 0.507 e. The van der Waals surface area contributed by atoms with Crippen molar-refractivity contribution in [1.29, 1.82) is 0 Å². The fourth-order valence-electron chi connectivity index (χ4n) is 3.25. The van der Waals surface area contributed by atoms with Crippen molar-refractivity contribution in [1.82, 2.24) is 10.3 Å². The fraction of sp³-hybridized carbons (Fsp3) is 0.0870. The van der Waals surface area contributed by atoms with E-state index in [4.69, 9.17) is 16.6 Å². The van der Waals surface area contributed by atoms with E-state index in [9.17, 15) is 9.90 Å². The van der Waals surface area contributed by atoms with Crippen molar-refractivity contribution in [2.24, 2.45) is 0 Å². The molecule has 0 aliphatic heterocycles. The van der Waals surface area contributed by atoms with E-state index in [1.807, 2.05) is 32.0 Å². The standard InChI is InChI=1S/C23H18IN3O3S/c1-12-8-13(2)20-18(9-12)26-22(30-20)17-7-6-16(11-19(17)28)25-23(31)27-21(29)14-4-3-5-15(24)10-14/h3-11,28H,1-2H3,(H2,25,27,29,31). The number of benzene rings is 3. The van der Waals surface area contributed by atoms with Crippen LogP contribution >= 0.6 is 34.8 Å². The van der Waals surface area contributed by atoms with Gasteiger partial charge >= 0.3 is 0 Å². The minimum absolute atomic E-state index is 0.0160. The molecule has 1 amide bonds. The van der Waals surface area contributed by atoms with E-state index in [-0.39, 0.29) is 16.8 Å². The van der Waals surface area contributed by atoms with Crippen LogP contribution in [0.2, 0.25) is 0 Å². The summed E-state index contributed by atoms with van der Waals surface area (Å²) in [6, 6.07) is 16.1. The highest BCUT2D eigenvalue weighted by Crippen LogP contribution is 2.34. The maximum absolute atomic E-state index is 12.3. The van der Waals surface area contributed by atoms with Crippen LogP contribution in [-0.2, 0) is 0 Å². The normalized spacial score (nSPS) is 10.8. The second-order valence-electron chi connectivity index (χ2n) is 7.10. The summed E-state index contributed by atoms with van der Waals surface area (Å²) in [6.07, 6.45) is 0. The van der Waals surface area contributed by atoms with E-state index in [1.54, 1.807) is 30.3 Å². The van der Waals surface area contributed by atoms with Crippen molar-refractivity contribution in [3.63, 3.8) is 0 Å². The van der Waals surface area contributed by atoms with Gasteiger partial charge in [-0.3, -0.25) is 10.1 Å². The number of anilines is 1. The Labute approximate surface area is 197 Å². The Balaban J connectivity index is 1.50. The monoisotopic (exact) mass is 543 g/mol. The summed E-state index contributed by atoms with van der Waals surface area (Å²) in [5.41, 5.74) is 5.02. The Kier molecular flexibility index (Phi) is 5.92. The molecule has 0 saturated carbocycles. The minimum atomic E-state index is -0.311. The van der Waals surface area contributed by atoms with Crippen LogP contribution in [0.5, 0.6) is 5.75 Å². The highest BCUT2D eigenvalue weighted by molar-refractivity contribution is 14.1. The first-order valence-electron chi connectivity index (χ1n) is 9.39. The average Bonchev–Trinajstić information content (AvgIpc) is 3.12. The number of carbonyl (C=O) groups is 1. The molecule has 0 unspecified atom stereocenters. The number of aromatic nitrogens is 1. The van der Waals surface area contributed by atoms with Gasteiger partial charge in [0, 0.05) is 20.9 Å². The Morgan fingerprint density at radius 1 is 1.13 bits per heavy atom. The predicted molar refractivity (Wildman–Crippen MR) is 133 cm³/mol. The van der Waals surface area contributed by atoms with E-state index in [0.717, 1.165) is 20.2 Å². The molecular formula is C23H18IN3O3S. The lowest BCUT2D eigenvalue weighted by molar-refractivity contribution is 0.0977. The highest BCUT2D eigenvalue weighted by atomic mass is 127. The molecule has 4 aromatic rings. The summed E-state index contributed by atoms with van der Waals surface area (Å²) in [6.45, 7) is 3.96. The zero-order valence-corrected chi connectivity index (χ0v) is 19.7. The lowest BCUT2D eigenvalue weighted by Crippen LogP contribution is -2.34. The molecule has 0 radical (unpaired) electrons. The van der Waals surface area contributed by atoms with Gasteiger partial charge in [0.1, 0.15) is 11.3 Å². The Morgan fingerprint density at radius 3 is 2.68 bits per heavy atom. The third kappa shape index (κ3) is 4.70. The summed E-state index contributed by atoms with van der Waals surface area (Å²) >= 11 is 7.37. The molecule has 3 N–H and O–H groups in total. The van der Waals surface area contributed by atoms with E-state index in [2.05, 4.69) is 38.2 Å². The number of nitrogens with one attached hydrogen (secondary N) is 2. The molecule has 31 heavy (non-hydrogen) atoms. The average molecular weight is 543 g/mol. The summed E-state index contributed by atoms with van der Waals surface area (Å²) < 4.78 is 6.83. The fourth-order valence-corrected chi connectivity index (χ4v) is 4.00. The molecule has 6 nitrogen and oxygen atoms in total. The van der Waals surface area contributed by atoms with Crippen LogP contribution in [0.3, 0.4) is 0 Å². The molecule has 3 aromatic carbocycles. The van der Waals surface area contributed by atoms with Gasteiger partial charge in [0.25, 0.3) is 5.91 Å². The number of halogens is 1. The summed E-state index contributed by atoms with van der Waals surface area (Å²) in [7, 11) is 0. The molecule has 1 aromatic heterocycles. The first-order valence-corrected chi connectivity index (χ1v) is 10.9.